The SMILES string of the molecule is N#Cc1cc(F)cc(NC2CC(C(=O)N3OCC[C@H]3c3cccc(F)c3)C2)c1. The van der Waals surface area contributed by atoms with Crippen LogP contribution in [0.3, 0.4) is 0 Å². The van der Waals surface area contributed by atoms with E-state index in [1.165, 1.54) is 29.3 Å². The zero-order chi connectivity index (χ0) is 19.7. The summed E-state index contributed by atoms with van der Waals surface area (Å²) < 4.78 is 27.1. The van der Waals surface area contributed by atoms with Gasteiger partial charge in [0.2, 0.25) is 5.91 Å². The molecule has 1 amide bonds. The smallest absolute Gasteiger partial charge is 0.249 e. The van der Waals surface area contributed by atoms with Crippen LogP contribution >= 0.6 is 0 Å². The van der Waals surface area contributed by atoms with Crippen molar-refractivity contribution < 1.29 is 18.4 Å². The number of carbonyl (C=O) groups is 1. The fraction of sp³-hybridized carbons (Fsp3) is 0.333. The first-order valence-corrected chi connectivity index (χ1v) is 9.22. The average molecular weight is 383 g/mol. The van der Waals surface area contributed by atoms with Crippen molar-refractivity contribution in [1.82, 2.24) is 5.06 Å². The second-order valence-electron chi connectivity index (χ2n) is 7.21. The Hall–Kier alpha value is -2.98. The Bertz CT molecular complexity index is 937. The lowest BCUT2D eigenvalue weighted by Gasteiger charge is -2.38. The van der Waals surface area contributed by atoms with Gasteiger partial charge in [-0.2, -0.15) is 5.26 Å². The molecule has 0 radical (unpaired) electrons. The lowest BCUT2D eigenvalue weighted by Crippen LogP contribution is -2.45. The van der Waals surface area contributed by atoms with Gasteiger partial charge in [-0.1, -0.05) is 12.1 Å². The van der Waals surface area contributed by atoms with Crippen LogP contribution in [0.15, 0.2) is 42.5 Å². The lowest BCUT2D eigenvalue weighted by atomic mass is 9.79. The fourth-order valence-electron chi connectivity index (χ4n) is 3.79. The molecule has 28 heavy (non-hydrogen) atoms. The molecule has 1 N–H and O–H groups in total. The maximum Gasteiger partial charge on any atom is 0.249 e. The van der Waals surface area contributed by atoms with Crippen LogP contribution in [0.25, 0.3) is 0 Å². The molecule has 0 unspecified atom stereocenters. The van der Waals surface area contributed by atoms with E-state index in [-0.39, 0.29) is 35.3 Å². The van der Waals surface area contributed by atoms with Crippen LogP contribution in [0, 0.1) is 28.9 Å². The van der Waals surface area contributed by atoms with Crippen molar-refractivity contribution in [2.45, 2.75) is 31.3 Å². The third-order valence-corrected chi connectivity index (χ3v) is 5.24. The Morgan fingerprint density at radius 3 is 2.75 bits per heavy atom. The van der Waals surface area contributed by atoms with Crippen molar-refractivity contribution in [3.8, 4) is 6.07 Å². The van der Waals surface area contributed by atoms with Crippen molar-refractivity contribution in [2.75, 3.05) is 11.9 Å². The number of nitriles is 1. The number of nitrogens with one attached hydrogen (secondary N) is 1. The van der Waals surface area contributed by atoms with Gasteiger partial charge in [0.1, 0.15) is 11.6 Å². The van der Waals surface area contributed by atoms with Crippen LogP contribution in [0.4, 0.5) is 14.5 Å². The minimum atomic E-state index is -0.475. The molecular formula is C21H19F2N3O2. The van der Waals surface area contributed by atoms with Crippen LogP contribution < -0.4 is 5.32 Å². The molecule has 2 aliphatic rings. The molecule has 1 saturated carbocycles. The molecule has 144 valence electrons. The lowest BCUT2D eigenvalue weighted by molar-refractivity contribution is -0.184. The highest BCUT2D eigenvalue weighted by molar-refractivity contribution is 5.80. The number of carbonyl (C=O) groups excluding carboxylic acids is 1. The quantitative estimate of drug-likeness (QED) is 0.869. The Labute approximate surface area is 161 Å². The second-order valence-corrected chi connectivity index (χ2v) is 7.21. The Morgan fingerprint density at radius 2 is 2.00 bits per heavy atom. The Kier molecular flexibility index (Phi) is 4.97. The van der Waals surface area contributed by atoms with Crippen LogP contribution in [0.2, 0.25) is 0 Å². The summed E-state index contributed by atoms with van der Waals surface area (Å²) in [6, 6.07) is 12.0. The van der Waals surface area contributed by atoms with E-state index in [4.69, 9.17) is 10.1 Å². The van der Waals surface area contributed by atoms with E-state index in [0.29, 0.717) is 31.6 Å². The summed E-state index contributed by atoms with van der Waals surface area (Å²) in [6.07, 6.45) is 1.81. The predicted molar refractivity (Wildman–Crippen MR) is 97.8 cm³/mol. The average Bonchev–Trinajstić information content (AvgIpc) is 3.13. The summed E-state index contributed by atoms with van der Waals surface area (Å²) in [6.45, 7) is 0.418. The van der Waals surface area contributed by atoms with E-state index in [0.717, 1.165) is 5.56 Å². The number of hydrogen-bond donors (Lipinski definition) is 1. The molecule has 1 atom stereocenters. The molecular weight excluding hydrogens is 364 g/mol. The molecule has 5 nitrogen and oxygen atoms in total. The number of hydroxylamine groups is 2. The van der Waals surface area contributed by atoms with Crippen molar-refractivity contribution in [2.24, 2.45) is 5.92 Å². The molecule has 1 saturated heterocycles. The summed E-state index contributed by atoms with van der Waals surface area (Å²) >= 11 is 0. The first kappa shape index (κ1) is 18.4. The highest BCUT2D eigenvalue weighted by Gasteiger charge is 2.41. The van der Waals surface area contributed by atoms with Gasteiger partial charge in [0.15, 0.2) is 0 Å². The number of halogens is 2. The Balaban J connectivity index is 1.37. The number of nitrogens with zero attached hydrogens (tertiary/aromatic N) is 2. The highest BCUT2D eigenvalue weighted by Crippen LogP contribution is 2.37. The monoisotopic (exact) mass is 383 g/mol. The molecule has 7 heteroatoms. The number of amides is 1. The van der Waals surface area contributed by atoms with Crippen molar-refractivity contribution >= 4 is 11.6 Å². The second kappa shape index (κ2) is 7.56. The first-order valence-electron chi connectivity index (χ1n) is 9.22. The summed E-state index contributed by atoms with van der Waals surface area (Å²) in [5.74, 6) is -1.12. The predicted octanol–water partition coefficient (Wildman–Crippen LogP) is 3.93. The third kappa shape index (κ3) is 3.69. The molecule has 2 aromatic carbocycles. The van der Waals surface area contributed by atoms with Crippen LogP contribution in [0.5, 0.6) is 0 Å². The summed E-state index contributed by atoms with van der Waals surface area (Å²) in [5, 5.41) is 13.5. The molecule has 1 aliphatic heterocycles. The number of hydrogen-bond acceptors (Lipinski definition) is 4. The molecule has 0 aromatic heterocycles. The highest BCUT2D eigenvalue weighted by atomic mass is 19.1. The van der Waals surface area contributed by atoms with E-state index >= 15 is 0 Å². The molecule has 1 heterocycles. The van der Waals surface area contributed by atoms with Gasteiger partial charge in [-0.05, 0) is 48.7 Å². The maximum atomic E-state index is 13.5. The van der Waals surface area contributed by atoms with Gasteiger partial charge < -0.3 is 5.32 Å². The van der Waals surface area contributed by atoms with Gasteiger partial charge in [-0.3, -0.25) is 9.63 Å². The summed E-state index contributed by atoms with van der Waals surface area (Å²) in [5.41, 5.74) is 1.50. The van der Waals surface area contributed by atoms with Gasteiger partial charge in [-0.25, -0.2) is 13.8 Å². The van der Waals surface area contributed by atoms with Crippen LogP contribution in [-0.4, -0.2) is 23.6 Å². The molecule has 2 aromatic rings. The minimum absolute atomic E-state index is 0.0255. The van der Waals surface area contributed by atoms with E-state index in [1.54, 1.807) is 18.2 Å². The van der Waals surface area contributed by atoms with Crippen LogP contribution in [0.1, 0.15) is 36.4 Å². The van der Waals surface area contributed by atoms with Gasteiger partial charge >= 0.3 is 0 Å². The van der Waals surface area contributed by atoms with Gasteiger partial charge in [0.25, 0.3) is 0 Å². The van der Waals surface area contributed by atoms with Crippen molar-refractivity contribution in [3.63, 3.8) is 0 Å². The van der Waals surface area contributed by atoms with Crippen molar-refractivity contribution in [3.05, 3.63) is 65.2 Å². The van der Waals surface area contributed by atoms with E-state index in [1.807, 2.05) is 6.07 Å². The summed E-state index contributed by atoms with van der Waals surface area (Å²) in [7, 11) is 0. The standard InChI is InChI=1S/C21H19F2N3O2/c22-16-3-1-2-14(8-16)20-4-5-28-26(20)21(27)15-9-19(10-15)25-18-7-13(12-24)6-17(23)11-18/h1-3,6-8,11,15,19-20,25H,4-5,9-10H2/t15?,19?,20-/m0/s1. The van der Waals surface area contributed by atoms with Crippen molar-refractivity contribution in [1.29, 1.82) is 5.26 Å². The zero-order valence-electron chi connectivity index (χ0n) is 15.1. The molecule has 0 spiro atoms. The maximum absolute atomic E-state index is 13.5. The van der Waals surface area contributed by atoms with E-state index in [2.05, 4.69) is 5.32 Å². The molecule has 1 aliphatic carbocycles. The molecule has 2 fully saturated rings. The first-order chi connectivity index (χ1) is 13.5. The largest absolute Gasteiger partial charge is 0.382 e. The third-order valence-electron chi connectivity index (χ3n) is 5.24. The number of rotatable bonds is 4. The molecule has 0 bridgehead atoms. The van der Waals surface area contributed by atoms with Gasteiger partial charge in [0.05, 0.1) is 24.3 Å². The van der Waals surface area contributed by atoms with Gasteiger partial charge in [-0.15, -0.1) is 0 Å². The topological polar surface area (TPSA) is 65.4 Å². The van der Waals surface area contributed by atoms with Gasteiger partial charge in [0, 0.05) is 24.1 Å². The van der Waals surface area contributed by atoms with E-state index < -0.39 is 5.82 Å². The number of benzene rings is 2. The Morgan fingerprint density at radius 1 is 1.18 bits per heavy atom. The van der Waals surface area contributed by atoms with Crippen LogP contribution in [-0.2, 0) is 9.63 Å². The fourth-order valence-corrected chi connectivity index (χ4v) is 3.79. The molecule has 4 rings (SSSR count). The summed E-state index contributed by atoms with van der Waals surface area (Å²) in [4.78, 5) is 18.4. The number of anilines is 1. The zero-order valence-corrected chi connectivity index (χ0v) is 15.1. The normalized spacial score (nSPS) is 23.8. The van der Waals surface area contributed by atoms with E-state index in [9.17, 15) is 13.6 Å². The minimum Gasteiger partial charge on any atom is -0.382 e.